The van der Waals surface area contributed by atoms with Crippen LogP contribution in [0.4, 0.5) is 0 Å². The summed E-state index contributed by atoms with van der Waals surface area (Å²) < 4.78 is 11.0. The van der Waals surface area contributed by atoms with E-state index in [9.17, 15) is 0 Å². The molecule has 0 radical (unpaired) electrons. The molecule has 0 unspecified atom stereocenters. The van der Waals surface area contributed by atoms with E-state index < -0.39 is 0 Å². The van der Waals surface area contributed by atoms with Gasteiger partial charge in [-0.1, -0.05) is 0 Å². The van der Waals surface area contributed by atoms with E-state index >= 15 is 0 Å². The number of fused-ring (bicyclic) bond motifs is 3. The fourth-order valence-corrected chi connectivity index (χ4v) is 2.55. The normalized spacial score (nSPS) is 10.2. The first-order valence-electron chi connectivity index (χ1n) is 7.16. The molecular weight excluding hydrogens is 332 g/mol. The van der Waals surface area contributed by atoms with Crippen LogP contribution in [0.2, 0.25) is 0 Å². The summed E-state index contributed by atoms with van der Waals surface area (Å²) in [6, 6.07) is 13.8. The Labute approximate surface area is 144 Å². The second-order valence-electron chi connectivity index (χ2n) is 5.22. The van der Waals surface area contributed by atoms with Gasteiger partial charge in [-0.25, -0.2) is 9.97 Å². The van der Waals surface area contributed by atoms with Crippen molar-refractivity contribution in [3.8, 4) is 24.3 Å². The summed E-state index contributed by atoms with van der Waals surface area (Å²) >= 11 is 0. The quantitative estimate of drug-likeness (QED) is 0.469. The molecule has 2 aromatic carbocycles. The predicted molar refractivity (Wildman–Crippen MR) is 87.6 cm³/mol. The zero-order valence-corrected chi connectivity index (χ0v) is 12.8. The van der Waals surface area contributed by atoms with Crippen LogP contribution in [0.5, 0.6) is 0 Å². The summed E-state index contributed by atoms with van der Waals surface area (Å²) in [5, 5.41) is 37.2. The van der Waals surface area contributed by atoms with E-state index in [1.807, 2.05) is 0 Å². The highest BCUT2D eigenvalue weighted by molar-refractivity contribution is 6.00. The Morgan fingerprint density at radius 3 is 1.38 bits per heavy atom. The molecule has 0 N–H and O–H groups in total. The number of rotatable bonds is 0. The van der Waals surface area contributed by atoms with Gasteiger partial charge in [-0.05, 0) is 35.0 Å². The summed E-state index contributed by atoms with van der Waals surface area (Å²) in [5.41, 5.74) is 1.31. The van der Waals surface area contributed by atoms with E-state index in [0.29, 0.717) is 22.2 Å². The molecule has 0 aliphatic rings. The molecule has 118 valence electrons. The van der Waals surface area contributed by atoms with Crippen molar-refractivity contribution in [1.29, 1.82) is 21.0 Å². The van der Waals surface area contributed by atoms with Crippen molar-refractivity contribution in [3.63, 3.8) is 0 Å². The van der Waals surface area contributed by atoms with Crippen LogP contribution in [-0.2, 0) is 0 Å². The van der Waals surface area contributed by atoms with Crippen molar-refractivity contribution >= 4 is 44.1 Å². The predicted octanol–water partition coefficient (Wildman–Crippen LogP) is 1.52. The van der Waals surface area contributed by atoms with Gasteiger partial charge in [-0.2, -0.15) is 21.0 Å². The average Bonchev–Trinajstić information content (AvgIpc) is 3.23. The Morgan fingerprint density at radius 1 is 0.654 bits per heavy atom. The second-order valence-corrected chi connectivity index (χ2v) is 5.22. The van der Waals surface area contributed by atoms with E-state index in [1.165, 1.54) is 0 Å². The van der Waals surface area contributed by atoms with Crippen molar-refractivity contribution in [3.05, 3.63) is 35.4 Å². The fourth-order valence-electron chi connectivity index (χ4n) is 2.55. The molecule has 0 aliphatic heterocycles. The lowest BCUT2D eigenvalue weighted by atomic mass is 10.1. The molecule has 0 amide bonds. The molecule has 0 saturated heterocycles. The number of hydrogen-bond donors (Lipinski definition) is 0. The van der Waals surface area contributed by atoms with Crippen LogP contribution in [0, 0.1) is 45.3 Å². The monoisotopic (exact) mass is 336 g/mol. The SMILES string of the molecule is N#CC(C#N)=c1nc2cc3cc4oc(=C(C#N)C#N)nc4cc3cc2o1. The van der Waals surface area contributed by atoms with Crippen molar-refractivity contribution in [2.75, 3.05) is 0 Å². The van der Waals surface area contributed by atoms with E-state index in [2.05, 4.69) is 9.97 Å². The molecule has 4 aromatic rings. The molecule has 2 aromatic heterocycles. The van der Waals surface area contributed by atoms with Crippen LogP contribution >= 0.6 is 0 Å². The van der Waals surface area contributed by atoms with E-state index in [4.69, 9.17) is 29.9 Å². The maximum absolute atomic E-state index is 8.93. The summed E-state index contributed by atoms with van der Waals surface area (Å²) in [7, 11) is 0. The Balaban J connectivity index is 2.06. The maximum atomic E-state index is 8.93. The molecule has 4 rings (SSSR count). The molecule has 26 heavy (non-hydrogen) atoms. The molecule has 0 bridgehead atoms. The van der Waals surface area contributed by atoms with Gasteiger partial charge in [0.25, 0.3) is 0 Å². The number of oxazole rings is 2. The molecule has 0 spiro atoms. The highest BCUT2D eigenvalue weighted by Crippen LogP contribution is 2.25. The maximum Gasteiger partial charge on any atom is 0.249 e. The van der Waals surface area contributed by atoms with Gasteiger partial charge < -0.3 is 8.83 Å². The summed E-state index contributed by atoms with van der Waals surface area (Å²) in [6.45, 7) is 0. The van der Waals surface area contributed by atoms with Crippen LogP contribution in [0.15, 0.2) is 33.1 Å². The van der Waals surface area contributed by atoms with Gasteiger partial charge in [0.15, 0.2) is 22.3 Å². The van der Waals surface area contributed by atoms with E-state index in [-0.39, 0.29) is 22.2 Å². The minimum absolute atomic E-state index is 0.0355. The third kappa shape index (κ3) is 2.12. The Bertz CT molecular complexity index is 1310. The number of aromatic nitrogens is 2. The van der Waals surface area contributed by atoms with E-state index in [0.717, 1.165) is 10.8 Å². The van der Waals surface area contributed by atoms with Gasteiger partial charge in [0, 0.05) is 0 Å². The minimum atomic E-state index is -0.207. The highest BCUT2D eigenvalue weighted by atomic mass is 16.3. The number of hydrogen-bond acceptors (Lipinski definition) is 8. The minimum Gasteiger partial charge on any atom is -0.435 e. The summed E-state index contributed by atoms with van der Waals surface area (Å²) in [6.07, 6.45) is 0. The zero-order valence-electron chi connectivity index (χ0n) is 12.8. The zero-order chi connectivity index (χ0) is 18.3. The Hall–Kier alpha value is -4.66. The van der Waals surface area contributed by atoms with Gasteiger partial charge in [0.2, 0.25) is 11.1 Å². The molecule has 0 fully saturated rings. The van der Waals surface area contributed by atoms with E-state index in [1.54, 1.807) is 48.5 Å². The lowest BCUT2D eigenvalue weighted by Crippen LogP contribution is -2.03. The molecule has 8 heteroatoms. The number of nitrogens with zero attached hydrogens (tertiary/aromatic N) is 6. The van der Waals surface area contributed by atoms with Crippen molar-refractivity contribution in [2.24, 2.45) is 0 Å². The second kappa shape index (κ2) is 5.46. The van der Waals surface area contributed by atoms with Gasteiger partial charge in [-0.15, -0.1) is 0 Å². The van der Waals surface area contributed by atoms with Crippen molar-refractivity contribution in [1.82, 2.24) is 9.97 Å². The van der Waals surface area contributed by atoms with Crippen LogP contribution in [0.3, 0.4) is 0 Å². The third-order valence-electron chi connectivity index (χ3n) is 3.73. The molecule has 2 heterocycles. The molecular formula is C18H4N6O2. The summed E-state index contributed by atoms with van der Waals surface area (Å²) in [5.74, 6) is 0. The third-order valence-corrected chi connectivity index (χ3v) is 3.73. The standard InChI is InChI=1S/C18H4N6O2/c19-5-11(6-20)17-23-13-1-9-3-16-14(2-10(9)4-15(13)25-17)24-18(26-16)12(7-21)8-22/h1-4H. The average molecular weight is 336 g/mol. The first-order chi connectivity index (χ1) is 12.7. The molecule has 0 atom stereocenters. The van der Waals surface area contributed by atoms with Crippen LogP contribution in [0.1, 0.15) is 0 Å². The lowest BCUT2D eigenvalue weighted by Gasteiger charge is -1.96. The Morgan fingerprint density at radius 2 is 1.04 bits per heavy atom. The van der Waals surface area contributed by atoms with Gasteiger partial charge in [-0.3, -0.25) is 0 Å². The van der Waals surface area contributed by atoms with Gasteiger partial charge in [0.05, 0.1) is 0 Å². The molecule has 8 nitrogen and oxygen atoms in total. The van der Waals surface area contributed by atoms with Crippen LogP contribution in [0.25, 0.3) is 44.1 Å². The van der Waals surface area contributed by atoms with Gasteiger partial charge >= 0.3 is 0 Å². The number of nitriles is 4. The van der Waals surface area contributed by atoms with Crippen LogP contribution < -0.4 is 11.1 Å². The Kier molecular flexibility index (Phi) is 3.13. The highest BCUT2D eigenvalue weighted by Gasteiger charge is 2.11. The van der Waals surface area contributed by atoms with Gasteiger partial charge in [0.1, 0.15) is 35.3 Å². The first kappa shape index (κ1) is 14.9. The topological polar surface area (TPSA) is 147 Å². The number of benzene rings is 2. The summed E-state index contributed by atoms with van der Waals surface area (Å²) in [4.78, 5) is 8.32. The van der Waals surface area contributed by atoms with Crippen molar-refractivity contribution < 1.29 is 8.83 Å². The fraction of sp³-hybridized carbons (Fsp3) is 0. The first-order valence-corrected chi connectivity index (χ1v) is 7.16. The molecule has 0 aliphatic carbocycles. The van der Waals surface area contributed by atoms with Crippen LogP contribution in [-0.4, -0.2) is 9.97 Å². The largest absolute Gasteiger partial charge is 0.435 e. The lowest BCUT2D eigenvalue weighted by molar-refractivity contribution is 0.559. The smallest absolute Gasteiger partial charge is 0.249 e. The van der Waals surface area contributed by atoms with Crippen molar-refractivity contribution in [2.45, 2.75) is 0 Å². The molecule has 0 saturated carbocycles.